The molecule has 0 aromatic rings. The largest absolute Gasteiger partial charge is 0.509 e. The van der Waals surface area contributed by atoms with Gasteiger partial charge in [-0.2, -0.15) is 0 Å². The summed E-state index contributed by atoms with van der Waals surface area (Å²) in [5, 5.41) is 0. The van der Waals surface area contributed by atoms with E-state index in [-0.39, 0.29) is 10.9 Å². The molecule has 0 aromatic carbocycles. The number of amides is 1. The fraction of sp³-hybridized carbons (Fsp3) is 0.875. The molecule has 1 saturated heterocycles. The number of hydrogen-bond acceptors (Lipinski definition) is 2. The molecule has 0 radical (unpaired) electrons. The van der Waals surface area contributed by atoms with E-state index in [4.69, 9.17) is 4.65 Å². The van der Waals surface area contributed by atoms with Gasteiger partial charge in [0.25, 0.3) is 0 Å². The third-order valence-electron chi connectivity index (χ3n) is 2.31. The van der Waals surface area contributed by atoms with Crippen LogP contribution in [-0.4, -0.2) is 28.9 Å². The van der Waals surface area contributed by atoms with Crippen LogP contribution in [0.5, 0.6) is 0 Å². The van der Waals surface area contributed by atoms with E-state index >= 15 is 0 Å². The van der Waals surface area contributed by atoms with E-state index in [1.54, 1.807) is 4.90 Å². The lowest BCUT2D eigenvalue weighted by Gasteiger charge is -2.29. The Kier molecular flexibility index (Phi) is 4.35. The number of likely N-dealkylation sites (tertiary alicyclic amines) is 1. The Morgan fingerprint density at radius 2 is 2.08 bits per heavy atom. The molecular weight excluding hydrogens is 280 g/mol. The van der Waals surface area contributed by atoms with Crippen molar-refractivity contribution in [3.63, 3.8) is 0 Å². The van der Waals surface area contributed by atoms with Gasteiger partial charge in [-0.15, -0.1) is 0 Å². The topological polar surface area (TPSA) is 29.5 Å². The number of hydrogen-bond donors (Lipinski definition) is 0. The molecule has 0 unspecified atom stereocenters. The molecule has 1 aliphatic heterocycles. The minimum absolute atomic E-state index is 0.0375. The maximum Gasteiger partial charge on any atom is 0.430 e. The third-order valence-corrected chi connectivity index (χ3v) is 2.56. The summed E-state index contributed by atoms with van der Waals surface area (Å²) in [6.07, 6.45) is 2.05. The lowest BCUT2D eigenvalue weighted by molar-refractivity contribution is 0.135. The highest BCUT2D eigenvalue weighted by atomic mass is 127. The second kappa shape index (κ2) is 5.07. The van der Waals surface area contributed by atoms with Crippen LogP contribution >= 0.6 is 22.4 Å². The van der Waals surface area contributed by atoms with Gasteiger partial charge in [0.1, 0.15) is 0 Å². The summed E-state index contributed by atoms with van der Waals surface area (Å²) in [7, 11) is 0. The van der Waals surface area contributed by atoms with E-state index in [0.717, 1.165) is 31.8 Å². The molecule has 0 saturated carbocycles. The van der Waals surface area contributed by atoms with Crippen LogP contribution in [0.3, 0.4) is 0 Å². The molecule has 1 aliphatic rings. The number of halogens is 1. The van der Waals surface area contributed by atoms with Crippen LogP contribution in [0.1, 0.15) is 19.8 Å². The fourth-order valence-corrected chi connectivity index (χ4v) is 1.62. The molecule has 0 spiro atoms. The fourth-order valence-electron chi connectivity index (χ4n) is 1.40. The molecule has 0 aromatic heterocycles. The van der Waals surface area contributed by atoms with E-state index in [1.165, 1.54) is 0 Å². The number of carbonyl (C=O) groups excluding carboxylic acids is 1. The van der Waals surface area contributed by atoms with Crippen molar-refractivity contribution < 1.29 is 9.45 Å². The Morgan fingerprint density at radius 3 is 2.54 bits per heavy atom. The van der Waals surface area contributed by atoms with Crippen molar-refractivity contribution in [1.82, 2.24) is 4.90 Å². The molecule has 5 heteroatoms. The van der Waals surface area contributed by atoms with Gasteiger partial charge in [0, 0.05) is 13.1 Å². The van der Waals surface area contributed by atoms with Gasteiger partial charge in [0.15, 0.2) is 0 Å². The number of rotatable bonds is 1. The maximum absolute atomic E-state index is 11.4. The summed E-state index contributed by atoms with van der Waals surface area (Å²) in [6.45, 7) is 5.79. The van der Waals surface area contributed by atoms with Crippen LogP contribution in [0.2, 0.25) is 6.82 Å². The van der Waals surface area contributed by atoms with Gasteiger partial charge >= 0.3 is 10.9 Å². The van der Waals surface area contributed by atoms with Crippen LogP contribution in [0.4, 0.5) is 4.79 Å². The first-order chi connectivity index (χ1) is 6.09. The molecule has 1 amide bonds. The number of carbonyl (C=O) groups is 1. The Morgan fingerprint density at radius 1 is 1.54 bits per heavy atom. The minimum atomic E-state index is -0.159. The van der Waals surface area contributed by atoms with Crippen molar-refractivity contribution >= 4 is 33.2 Å². The van der Waals surface area contributed by atoms with Gasteiger partial charge in [0.2, 0.25) is 0 Å². The average Bonchev–Trinajstić information content (AvgIpc) is 2.04. The van der Waals surface area contributed by atoms with E-state index in [2.05, 4.69) is 29.3 Å². The van der Waals surface area contributed by atoms with Gasteiger partial charge in [-0.1, -0.05) is 29.3 Å². The minimum Gasteiger partial charge on any atom is -0.509 e. The summed E-state index contributed by atoms with van der Waals surface area (Å²) < 4.78 is 5.06. The van der Waals surface area contributed by atoms with Crippen LogP contribution in [0.15, 0.2) is 0 Å². The summed E-state index contributed by atoms with van der Waals surface area (Å²) in [6, 6.07) is 0. The molecule has 0 bridgehead atoms. The highest BCUT2D eigenvalue weighted by Gasteiger charge is 2.22. The lowest BCUT2D eigenvalue weighted by atomic mass is 10.00. The third kappa shape index (κ3) is 3.75. The summed E-state index contributed by atoms with van der Waals surface area (Å²) in [5.74, 6) is 0.751. The normalized spacial score (nSPS) is 18.5. The van der Waals surface area contributed by atoms with Crippen LogP contribution in [0, 0.1) is 5.92 Å². The standard InChI is InChI=1S/C8H15BINO2/c1-7-3-5-11(6-4-7)8(12)13-9(2)10/h7H,3-6H2,1-2H3. The molecule has 1 rings (SSSR count). The summed E-state index contributed by atoms with van der Waals surface area (Å²) >= 11 is 2.09. The second-order valence-corrected chi connectivity index (χ2v) is 5.35. The molecule has 0 atom stereocenters. The van der Waals surface area contributed by atoms with Gasteiger partial charge in [-0.3, -0.25) is 0 Å². The Labute approximate surface area is 93.2 Å². The zero-order valence-electron chi connectivity index (χ0n) is 8.12. The van der Waals surface area contributed by atoms with Gasteiger partial charge in [-0.05, 0) is 25.6 Å². The zero-order chi connectivity index (χ0) is 9.84. The molecular formula is C8H15BINO2. The predicted molar refractivity (Wildman–Crippen MR) is 62.1 cm³/mol. The predicted octanol–water partition coefficient (Wildman–Crippen LogP) is 2.41. The van der Waals surface area contributed by atoms with Crippen molar-refractivity contribution in [1.29, 1.82) is 0 Å². The van der Waals surface area contributed by atoms with E-state index in [1.807, 2.05) is 6.82 Å². The maximum atomic E-state index is 11.4. The second-order valence-electron chi connectivity index (χ2n) is 3.60. The van der Waals surface area contributed by atoms with Crippen molar-refractivity contribution in [3.05, 3.63) is 0 Å². The first-order valence-corrected chi connectivity index (χ1v) is 5.94. The number of piperidine rings is 1. The van der Waals surface area contributed by atoms with Crippen molar-refractivity contribution in [2.45, 2.75) is 26.6 Å². The summed E-state index contributed by atoms with van der Waals surface area (Å²) in [5.41, 5.74) is 0. The molecule has 1 heterocycles. The Hall–Kier alpha value is 0.0649. The van der Waals surface area contributed by atoms with Gasteiger partial charge in [-0.25, -0.2) is 4.79 Å². The highest BCUT2D eigenvalue weighted by molar-refractivity contribution is 14.1. The average molecular weight is 295 g/mol. The smallest absolute Gasteiger partial charge is 0.430 e. The zero-order valence-corrected chi connectivity index (χ0v) is 10.3. The number of nitrogens with zero attached hydrogens (tertiary/aromatic N) is 1. The van der Waals surface area contributed by atoms with E-state index < -0.39 is 0 Å². The molecule has 0 aliphatic carbocycles. The SMILES string of the molecule is CB(I)OC(=O)N1CCC(C)CC1. The van der Waals surface area contributed by atoms with Crippen molar-refractivity contribution in [3.8, 4) is 0 Å². The van der Waals surface area contributed by atoms with Gasteiger partial charge in [0.05, 0.1) is 0 Å². The summed E-state index contributed by atoms with van der Waals surface area (Å²) in [4.78, 5) is 13.2. The molecule has 74 valence electrons. The lowest BCUT2D eigenvalue weighted by Crippen LogP contribution is -2.39. The molecule has 0 N–H and O–H groups in total. The first kappa shape index (κ1) is 11.1. The highest BCUT2D eigenvalue weighted by Crippen LogP contribution is 2.16. The molecule has 1 fully saturated rings. The van der Waals surface area contributed by atoms with Crippen LogP contribution < -0.4 is 0 Å². The molecule has 13 heavy (non-hydrogen) atoms. The van der Waals surface area contributed by atoms with Crippen molar-refractivity contribution in [2.24, 2.45) is 5.92 Å². The van der Waals surface area contributed by atoms with Crippen LogP contribution in [0.25, 0.3) is 0 Å². The first-order valence-electron chi connectivity index (χ1n) is 4.69. The monoisotopic (exact) mass is 295 g/mol. The quantitative estimate of drug-likeness (QED) is 0.549. The van der Waals surface area contributed by atoms with Gasteiger partial charge < -0.3 is 9.55 Å². The Balaban J connectivity index is 2.31. The van der Waals surface area contributed by atoms with Crippen molar-refractivity contribution in [2.75, 3.05) is 13.1 Å². The van der Waals surface area contributed by atoms with E-state index in [9.17, 15) is 4.79 Å². The Bertz CT molecular complexity index is 181. The molecule has 3 nitrogen and oxygen atoms in total. The van der Waals surface area contributed by atoms with Crippen LogP contribution in [-0.2, 0) is 4.65 Å². The van der Waals surface area contributed by atoms with E-state index in [0.29, 0.717) is 0 Å².